The second-order valence-electron chi connectivity index (χ2n) is 4.98. The average Bonchev–Trinajstić information content (AvgIpc) is 3.20. The van der Waals surface area contributed by atoms with Gasteiger partial charge >= 0.3 is 0 Å². The Morgan fingerprint density at radius 3 is 2.71 bits per heavy atom. The summed E-state index contributed by atoms with van der Waals surface area (Å²) in [6.07, 6.45) is 0.427. The van der Waals surface area contributed by atoms with Crippen molar-refractivity contribution in [1.29, 1.82) is 0 Å². The first-order valence-corrected chi connectivity index (χ1v) is 8.02. The summed E-state index contributed by atoms with van der Waals surface area (Å²) in [6.45, 7) is 2.21. The van der Waals surface area contributed by atoms with Gasteiger partial charge in [-0.3, -0.25) is 4.79 Å². The fourth-order valence-electron chi connectivity index (χ4n) is 2.02. The van der Waals surface area contributed by atoms with Crippen LogP contribution in [0.4, 0.5) is 8.78 Å². The van der Waals surface area contributed by atoms with Crippen LogP contribution in [0.15, 0.2) is 34.9 Å². The van der Waals surface area contributed by atoms with E-state index in [-0.39, 0.29) is 17.4 Å². The molecule has 2 heterocycles. The summed E-state index contributed by atoms with van der Waals surface area (Å²) in [5.74, 6) is -1.09. The summed E-state index contributed by atoms with van der Waals surface area (Å²) >= 11 is 1.41. The van der Waals surface area contributed by atoms with Crippen LogP contribution < -0.4 is 5.32 Å². The summed E-state index contributed by atoms with van der Waals surface area (Å²) < 4.78 is 31.6. The first-order valence-electron chi connectivity index (χ1n) is 7.21. The molecule has 0 saturated heterocycles. The molecule has 0 bridgehead atoms. The molecular formula is C16H13F2N3O2S. The third-order valence-electron chi connectivity index (χ3n) is 3.20. The number of rotatable bonds is 5. The lowest BCUT2D eigenvalue weighted by Gasteiger charge is -1.99. The molecule has 0 unspecified atom stereocenters. The Hall–Kier alpha value is -2.61. The molecule has 0 atom stereocenters. The monoisotopic (exact) mass is 349 g/mol. The SMILES string of the molecule is CCC(=O)NCc1ccc(-c2noc(-c3cc(F)cc(F)c3)n2)s1. The van der Waals surface area contributed by atoms with Gasteiger partial charge in [0, 0.05) is 22.9 Å². The van der Waals surface area contributed by atoms with Crippen molar-refractivity contribution >= 4 is 17.2 Å². The summed E-state index contributed by atoms with van der Waals surface area (Å²) in [5, 5.41) is 6.62. The predicted octanol–water partition coefficient (Wildman–Crippen LogP) is 3.77. The van der Waals surface area contributed by atoms with Crippen molar-refractivity contribution in [3.05, 3.63) is 46.8 Å². The third kappa shape index (κ3) is 3.65. The number of carbonyl (C=O) groups is 1. The van der Waals surface area contributed by atoms with Gasteiger partial charge in [0.1, 0.15) is 11.6 Å². The van der Waals surface area contributed by atoms with Crippen LogP contribution in [0.5, 0.6) is 0 Å². The van der Waals surface area contributed by atoms with Crippen LogP contribution in [-0.2, 0) is 11.3 Å². The molecule has 0 radical (unpaired) electrons. The molecule has 3 rings (SSSR count). The van der Waals surface area contributed by atoms with Gasteiger partial charge in [-0.15, -0.1) is 11.3 Å². The van der Waals surface area contributed by atoms with Gasteiger partial charge in [0.2, 0.25) is 11.7 Å². The summed E-state index contributed by atoms with van der Waals surface area (Å²) in [6, 6.07) is 6.69. The van der Waals surface area contributed by atoms with Crippen LogP contribution in [0, 0.1) is 11.6 Å². The van der Waals surface area contributed by atoms with Crippen molar-refractivity contribution in [1.82, 2.24) is 15.5 Å². The molecule has 0 fully saturated rings. The number of thiophene rings is 1. The van der Waals surface area contributed by atoms with Crippen molar-refractivity contribution in [2.24, 2.45) is 0 Å². The molecule has 2 aromatic heterocycles. The molecule has 0 aliphatic rings. The summed E-state index contributed by atoms with van der Waals surface area (Å²) in [7, 11) is 0. The number of nitrogens with zero attached hydrogens (tertiary/aromatic N) is 2. The lowest BCUT2D eigenvalue weighted by Crippen LogP contribution is -2.20. The van der Waals surface area contributed by atoms with E-state index in [1.165, 1.54) is 11.3 Å². The number of benzene rings is 1. The predicted molar refractivity (Wildman–Crippen MR) is 85.1 cm³/mol. The molecule has 1 N–H and O–H groups in total. The number of hydrogen-bond donors (Lipinski definition) is 1. The molecule has 0 saturated carbocycles. The normalized spacial score (nSPS) is 10.8. The zero-order valence-corrected chi connectivity index (χ0v) is 13.5. The second-order valence-corrected chi connectivity index (χ2v) is 6.15. The van der Waals surface area contributed by atoms with E-state index < -0.39 is 11.6 Å². The highest BCUT2D eigenvalue weighted by Crippen LogP contribution is 2.28. The van der Waals surface area contributed by atoms with Crippen molar-refractivity contribution in [2.75, 3.05) is 0 Å². The van der Waals surface area contributed by atoms with E-state index in [1.54, 1.807) is 13.0 Å². The Balaban J connectivity index is 1.78. The molecule has 0 spiro atoms. The van der Waals surface area contributed by atoms with Crippen LogP contribution in [0.25, 0.3) is 22.2 Å². The van der Waals surface area contributed by atoms with Crippen LogP contribution in [0.2, 0.25) is 0 Å². The minimum absolute atomic E-state index is 0.0278. The van der Waals surface area contributed by atoms with E-state index in [4.69, 9.17) is 4.52 Å². The molecule has 3 aromatic rings. The molecule has 124 valence electrons. The van der Waals surface area contributed by atoms with Gasteiger partial charge in [-0.25, -0.2) is 8.78 Å². The van der Waals surface area contributed by atoms with E-state index in [9.17, 15) is 13.6 Å². The minimum Gasteiger partial charge on any atom is -0.351 e. The molecule has 1 amide bonds. The fourth-order valence-corrected chi connectivity index (χ4v) is 2.90. The van der Waals surface area contributed by atoms with E-state index in [1.807, 2.05) is 6.07 Å². The highest BCUT2D eigenvalue weighted by molar-refractivity contribution is 7.15. The van der Waals surface area contributed by atoms with Crippen molar-refractivity contribution < 1.29 is 18.1 Å². The Kier molecular flexibility index (Phi) is 4.66. The third-order valence-corrected chi connectivity index (χ3v) is 4.28. The van der Waals surface area contributed by atoms with Gasteiger partial charge in [-0.2, -0.15) is 4.98 Å². The molecule has 0 aliphatic heterocycles. The lowest BCUT2D eigenvalue weighted by atomic mass is 10.2. The van der Waals surface area contributed by atoms with Gasteiger partial charge < -0.3 is 9.84 Å². The highest BCUT2D eigenvalue weighted by Gasteiger charge is 2.14. The summed E-state index contributed by atoms with van der Waals surface area (Å²) in [5.41, 5.74) is 0.179. The maximum atomic E-state index is 13.3. The topological polar surface area (TPSA) is 68.0 Å². The van der Waals surface area contributed by atoms with Gasteiger partial charge in [0.15, 0.2) is 0 Å². The number of amides is 1. The second kappa shape index (κ2) is 6.88. The van der Waals surface area contributed by atoms with E-state index in [0.717, 1.165) is 28.0 Å². The Morgan fingerprint density at radius 2 is 2.00 bits per heavy atom. The molecule has 8 heteroatoms. The molecule has 0 aliphatic carbocycles. The number of nitrogens with one attached hydrogen (secondary N) is 1. The molecule has 1 aromatic carbocycles. The lowest BCUT2D eigenvalue weighted by molar-refractivity contribution is -0.120. The Bertz CT molecular complexity index is 856. The van der Waals surface area contributed by atoms with Crippen molar-refractivity contribution in [3.63, 3.8) is 0 Å². The van der Waals surface area contributed by atoms with Crippen LogP contribution in [0.3, 0.4) is 0 Å². The largest absolute Gasteiger partial charge is 0.351 e. The highest BCUT2D eigenvalue weighted by atomic mass is 32.1. The molecular weight excluding hydrogens is 336 g/mol. The number of hydrogen-bond acceptors (Lipinski definition) is 5. The fraction of sp³-hybridized carbons (Fsp3) is 0.188. The number of halogens is 2. The van der Waals surface area contributed by atoms with E-state index in [2.05, 4.69) is 15.5 Å². The van der Waals surface area contributed by atoms with Crippen LogP contribution in [0.1, 0.15) is 18.2 Å². The average molecular weight is 349 g/mol. The van der Waals surface area contributed by atoms with Crippen LogP contribution >= 0.6 is 11.3 Å². The smallest absolute Gasteiger partial charge is 0.258 e. The maximum absolute atomic E-state index is 13.3. The van der Waals surface area contributed by atoms with E-state index >= 15 is 0 Å². The van der Waals surface area contributed by atoms with E-state index in [0.29, 0.717) is 18.8 Å². The Labute approximate surface area is 140 Å². The molecule has 24 heavy (non-hydrogen) atoms. The van der Waals surface area contributed by atoms with Crippen molar-refractivity contribution in [3.8, 4) is 22.2 Å². The van der Waals surface area contributed by atoms with Crippen LogP contribution in [-0.4, -0.2) is 16.0 Å². The van der Waals surface area contributed by atoms with Gasteiger partial charge in [-0.1, -0.05) is 12.1 Å². The van der Waals surface area contributed by atoms with Gasteiger partial charge in [0.05, 0.1) is 11.4 Å². The quantitative estimate of drug-likeness (QED) is 0.761. The zero-order valence-electron chi connectivity index (χ0n) is 12.7. The summed E-state index contributed by atoms with van der Waals surface area (Å²) in [4.78, 5) is 17.1. The first-order chi connectivity index (χ1) is 11.5. The standard InChI is InChI=1S/C16H13F2N3O2S/c1-2-14(22)19-8-12-3-4-13(24-12)15-20-16(23-21-15)9-5-10(17)7-11(18)6-9/h3-7H,2,8H2,1H3,(H,19,22). The minimum atomic E-state index is -0.713. The van der Waals surface area contributed by atoms with Gasteiger partial charge in [-0.05, 0) is 24.3 Å². The van der Waals surface area contributed by atoms with Gasteiger partial charge in [0.25, 0.3) is 5.89 Å². The maximum Gasteiger partial charge on any atom is 0.258 e. The number of carbonyl (C=O) groups excluding carboxylic acids is 1. The first kappa shape index (κ1) is 16.3. The van der Waals surface area contributed by atoms with Crippen molar-refractivity contribution in [2.45, 2.75) is 19.9 Å². The molecule has 5 nitrogen and oxygen atoms in total. The zero-order chi connectivity index (χ0) is 17.1. The Morgan fingerprint density at radius 1 is 1.25 bits per heavy atom. The number of aromatic nitrogens is 2.